The normalized spacial score (nSPS) is 18.2. The van der Waals surface area contributed by atoms with E-state index in [1.807, 2.05) is 12.1 Å². The number of aromatic nitrogens is 1. The molecule has 2 aromatic rings. The van der Waals surface area contributed by atoms with E-state index < -0.39 is 0 Å². The van der Waals surface area contributed by atoms with Gasteiger partial charge in [-0.2, -0.15) is 0 Å². The van der Waals surface area contributed by atoms with E-state index in [1.165, 1.54) is 0 Å². The predicted molar refractivity (Wildman–Crippen MR) is 115 cm³/mol. The molecule has 8 heteroatoms. The maximum absolute atomic E-state index is 12.3. The zero-order valence-corrected chi connectivity index (χ0v) is 17.3. The first kappa shape index (κ1) is 23.9. The summed E-state index contributed by atoms with van der Waals surface area (Å²) in [5.41, 5.74) is 2.25. The molecule has 0 unspecified atom stereocenters. The van der Waals surface area contributed by atoms with Gasteiger partial charge in [0.15, 0.2) is 0 Å². The van der Waals surface area contributed by atoms with Crippen molar-refractivity contribution in [2.24, 2.45) is 5.92 Å². The third-order valence-corrected chi connectivity index (χ3v) is 4.62. The van der Waals surface area contributed by atoms with E-state index in [-0.39, 0.29) is 42.5 Å². The van der Waals surface area contributed by atoms with Gasteiger partial charge in [-0.15, -0.1) is 24.8 Å². The molecule has 6 nitrogen and oxygen atoms in total. The van der Waals surface area contributed by atoms with Gasteiger partial charge in [-0.1, -0.05) is 12.1 Å². The monoisotopic (exact) mass is 424 g/mol. The Hall–Kier alpha value is -2.15. The number of amides is 2. The van der Waals surface area contributed by atoms with E-state index >= 15 is 0 Å². The molecule has 2 amide bonds. The van der Waals surface area contributed by atoms with Crippen molar-refractivity contribution in [3.05, 3.63) is 59.9 Å². The number of halogens is 2. The Morgan fingerprint density at radius 1 is 1.11 bits per heavy atom. The lowest BCUT2D eigenvalue weighted by Crippen LogP contribution is -2.42. The molecule has 152 valence electrons. The number of rotatable bonds is 5. The quantitative estimate of drug-likeness (QED) is 0.687. The van der Waals surface area contributed by atoms with Crippen molar-refractivity contribution in [2.45, 2.75) is 32.4 Å². The summed E-state index contributed by atoms with van der Waals surface area (Å²) >= 11 is 0. The van der Waals surface area contributed by atoms with Gasteiger partial charge in [-0.25, -0.2) is 0 Å². The lowest BCUT2D eigenvalue weighted by molar-refractivity contribution is -0.126. The van der Waals surface area contributed by atoms with Crippen molar-refractivity contribution in [1.82, 2.24) is 15.6 Å². The fourth-order valence-electron chi connectivity index (χ4n) is 3.12. The SMILES string of the molecule is C[C@H]1C[C@@H](C(=O)NCc2ccc(C(=O)Nc3ccncc3)cc2)CCN1.Cl.Cl. The summed E-state index contributed by atoms with van der Waals surface area (Å²) in [6.45, 7) is 3.47. The van der Waals surface area contributed by atoms with E-state index in [4.69, 9.17) is 0 Å². The molecule has 0 radical (unpaired) electrons. The first-order valence-electron chi connectivity index (χ1n) is 8.93. The van der Waals surface area contributed by atoms with E-state index in [0.29, 0.717) is 23.8 Å². The summed E-state index contributed by atoms with van der Waals surface area (Å²) in [7, 11) is 0. The van der Waals surface area contributed by atoms with E-state index in [9.17, 15) is 9.59 Å². The zero-order chi connectivity index (χ0) is 18.4. The molecule has 1 aromatic carbocycles. The summed E-state index contributed by atoms with van der Waals surface area (Å²) in [5, 5.41) is 9.18. The predicted octanol–water partition coefficient (Wildman–Crippen LogP) is 3.18. The standard InChI is InChI=1S/C20H24N4O2.2ClH/c1-14-12-17(6-11-22-14)19(25)23-13-15-2-4-16(5-3-15)20(26)24-18-7-9-21-10-8-18;;/h2-5,7-10,14,17,22H,6,11-13H2,1H3,(H,23,25)(H,21,24,26);2*1H/t14-,17-;;/m0../s1. The van der Waals surface area contributed by atoms with Crippen molar-refractivity contribution < 1.29 is 9.59 Å². The van der Waals surface area contributed by atoms with Crippen LogP contribution in [0.3, 0.4) is 0 Å². The number of nitrogens with zero attached hydrogens (tertiary/aromatic N) is 1. The van der Waals surface area contributed by atoms with E-state index in [0.717, 1.165) is 24.9 Å². The molecule has 0 spiro atoms. The van der Waals surface area contributed by atoms with Crippen molar-refractivity contribution in [2.75, 3.05) is 11.9 Å². The summed E-state index contributed by atoms with van der Waals surface area (Å²) < 4.78 is 0. The fraction of sp³-hybridized carbons (Fsp3) is 0.350. The number of hydrogen-bond donors (Lipinski definition) is 3. The summed E-state index contributed by atoms with van der Waals surface area (Å²) in [5.74, 6) is 0.0185. The third kappa shape index (κ3) is 6.78. The Balaban J connectivity index is 0.00000196. The van der Waals surface area contributed by atoms with Crippen LogP contribution >= 0.6 is 24.8 Å². The molecule has 1 fully saturated rings. The maximum Gasteiger partial charge on any atom is 0.255 e. The average molecular weight is 425 g/mol. The van der Waals surface area contributed by atoms with Crippen LogP contribution in [0.15, 0.2) is 48.8 Å². The number of nitrogens with one attached hydrogen (secondary N) is 3. The van der Waals surface area contributed by atoms with Gasteiger partial charge in [0.05, 0.1) is 0 Å². The smallest absolute Gasteiger partial charge is 0.255 e. The molecule has 1 aliphatic heterocycles. The average Bonchev–Trinajstić information content (AvgIpc) is 2.67. The number of carbonyl (C=O) groups is 2. The van der Waals surface area contributed by atoms with E-state index in [2.05, 4.69) is 27.9 Å². The number of carbonyl (C=O) groups excluding carboxylic acids is 2. The molecule has 2 atom stereocenters. The maximum atomic E-state index is 12.3. The van der Waals surface area contributed by atoms with Gasteiger partial charge in [0.1, 0.15) is 0 Å². The highest BCUT2D eigenvalue weighted by Crippen LogP contribution is 2.16. The topological polar surface area (TPSA) is 83.1 Å². The van der Waals surface area contributed by atoms with Crippen LogP contribution in [0, 0.1) is 5.92 Å². The number of piperidine rings is 1. The highest BCUT2D eigenvalue weighted by Gasteiger charge is 2.24. The van der Waals surface area contributed by atoms with Crippen molar-refractivity contribution in [3.63, 3.8) is 0 Å². The lowest BCUT2D eigenvalue weighted by Gasteiger charge is -2.27. The largest absolute Gasteiger partial charge is 0.352 e. The van der Waals surface area contributed by atoms with Gasteiger partial charge >= 0.3 is 0 Å². The Kier molecular flexibility index (Phi) is 9.93. The van der Waals surface area contributed by atoms with Gasteiger partial charge in [0.25, 0.3) is 5.91 Å². The first-order chi connectivity index (χ1) is 12.6. The number of pyridine rings is 1. The van der Waals surface area contributed by atoms with Crippen LogP contribution in [0.25, 0.3) is 0 Å². The number of benzene rings is 1. The van der Waals surface area contributed by atoms with Crippen LogP contribution in [0.2, 0.25) is 0 Å². The van der Waals surface area contributed by atoms with Gasteiger partial charge in [0.2, 0.25) is 5.91 Å². The Labute approximate surface area is 177 Å². The second-order valence-corrected chi connectivity index (χ2v) is 6.68. The molecule has 0 bridgehead atoms. The van der Waals surface area contributed by atoms with Gasteiger partial charge in [-0.3, -0.25) is 14.6 Å². The van der Waals surface area contributed by atoms with Gasteiger partial charge < -0.3 is 16.0 Å². The third-order valence-electron chi connectivity index (χ3n) is 4.62. The number of hydrogen-bond acceptors (Lipinski definition) is 4. The first-order valence-corrected chi connectivity index (χ1v) is 8.93. The van der Waals surface area contributed by atoms with Crippen molar-refractivity contribution in [3.8, 4) is 0 Å². The number of anilines is 1. The van der Waals surface area contributed by atoms with Gasteiger partial charge in [0, 0.05) is 42.1 Å². The summed E-state index contributed by atoms with van der Waals surface area (Å²) in [4.78, 5) is 28.4. The minimum atomic E-state index is -0.171. The van der Waals surface area contributed by atoms with Crippen LogP contribution in [0.5, 0.6) is 0 Å². The molecule has 28 heavy (non-hydrogen) atoms. The second kappa shape index (κ2) is 11.6. The lowest BCUT2D eigenvalue weighted by atomic mass is 9.92. The molecular weight excluding hydrogens is 399 g/mol. The molecule has 3 rings (SSSR count). The Bertz CT molecular complexity index is 757. The van der Waals surface area contributed by atoms with Crippen LogP contribution in [0.4, 0.5) is 5.69 Å². The second-order valence-electron chi connectivity index (χ2n) is 6.68. The van der Waals surface area contributed by atoms with Crippen molar-refractivity contribution in [1.29, 1.82) is 0 Å². The molecule has 1 aromatic heterocycles. The zero-order valence-electron chi connectivity index (χ0n) is 15.7. The van der Waals surface area contributed by atoms with Crippen LogP contribution < -0.4 is 16.0 Å². The van der Waals surface area contributed by atoms with Crippen LogP contribution in [0.1, 0.15) is 35.7 Å². The highest BCUT2D eigenvalue weighted by atomic mass is 35.5. The summed E-state index contributed by atoms with van der Waals surface area (Å²) in [6, 6.07) is 11.1. The minimum Gasteiger partial charge on any atom is -0.352 e. The van der Waals surface area contributed by atoms with Gasteiger partial charge in [-0.05, 0) is 56.1 Å². The molecule has 3 N–H and O–H groups in total. The van der Waals surface area contributed by atoms with Crippen molar-refractivity contribution >= 4 is 42.3 Å². The Morgan fingerprint density at radius 2 is 1.79 bits per heavy atom. The Morgan fingerprint density at radius 3 is 2.43 bits per heavy atom. The molecule has 0 aliphatic carbocycles. The van der Waals surface area contributed by atoms with E-state index in [1.54, 1.807) is 36.7 Å². The molecule has 2 heterocycles. The molecule has 0 saturated carbocycles. The molecule has 1 aliphatic rings. The molecular formula is C20H26Cl2N4O2. The summed E-state index contributed by atoms with van der Waals surface area (Å²) in [6.07, 6.45) is 5.01. The minimum absolute atomic E-state index is 0. The van der Waals surface area contributed by atoms with Crippen LogP contribution in [-0.2, 0) is 11.3 Å². The fourth-order valence-corrected chi connectivity index (χ4v) is 3.12. The van der Waals surface area contributed by atoms with Crippen LogP contribution in [-0.4, -0.2) is 29.4 Å². The molecule has 1 saturated heterocycles. The highest BCUT2D eigenvalue weighted by molar-refractivity contribution is 6.04.